The number of anilines is 1. The fourth-order valence-corrected chi connectivity index (χ4v) is 2.96. The summed E-state index contributed by atoms with van der Waals surface area (Å²) in [6.45, 7) is -0.270. The number of halogens is 2. The first-order valence-electron chi connectivity index (χ1n) is 5.26. The van der Waals surface area contributed by atoms with E-state index < -0.39 is 27.8 Å². The van der Waals surface area contributed by atoms with Crippen molar-refractivity contribution in [3.63, 3.8) is 0 Å². The number of nitrogens with zero attached hydrogens (tertiary/aromatic N) is 2. The second-order valence-electron chi connectivity index (χ2n) is 4.08. The molecule has 1 aromatic carbocycles. The second-order valence-corrected chi connectivity index (χ2v) is 6.61. The first kappa shape index (κ1) is 14.0. The van der Waals surface area contributed by atoms with Crippen LogP contribution in [0.4, 0.5) is 9.57 Å². The van der Waals surface area contributed by atoms with E-state index in [0.29, 0.717) is 10.2 Å². The Balaban J connectivity index is 2.39. The van der Waals surface area contributed by atoms with Gasteiger partial charge >= 0.3 is 10.2 Å². The molecule has 0 aromatic heterocycles. The van der Waals surface area contributed by atoms with Crippen molar-refractivity contribution in [1.82, 2.24) is 0 Å². The highest BCUT2D eigenvalue weighted by molar-refractivity contribution is 9.10. The van der Waals surface area contributed by atoms with Crippen LogP contribution in [0.1, 0.15) is 12.0 Å². The Hall–Kier alpha value is -1.46. The van der Waals surface area contributed by atoms with E-state index >= 15 is 0 Å². The molecule has 1 atom stereocenters. The van der Waals surface area contributed by atoms with Gasteiger partial charge in [0, 0.05) is 17.4 Å². The van der Waals surface area contributed by atoms with E-state index in [1.165, 1.54) is 12.1 Å². The molecule has 0 N–H and O–H groups in total. The van der Waals surface area contributed by atoms with E-state index in [-0.39, 0.29) is 12.1 Å². The van der Waals surface area contributed by atoms with Gasteiger partial charge in [0.2, 0.25) is 5.91 Å². The van der Waals surface area contributed by atoms with Gasteiger partial charge in [-0.1, -0.05) is 15.9 Å². The standard InChI is InChI=1S/C11H8BrFN2O3S/c12-8-1-2-10(7(3-8)5-14)15-6-9(4-11(15)16)19(13,17)18/h1-3,9H,4,6H2. The Morgan fingerprint density at radius 3 is 2.68 bits per heavy atom. The highest BCUT2D eigenvalue weighted by Crippen LogP contribution is 2.30. The third-order valence-corrected chi connectivity index (χ3v) is 4.46. The molecule has 0 radical (unpaired) electrons. The highest BCUT2D eigenvalue weighted by Gasteiger charge is 2.39. The summed E-state index contributed by atoms with van der Waals surface area (Å²) in [4.78, 5) is 12.9. The molecule has 0 bridgehead atoms. The number of nitriles is 1. The SMILES string of the molecule is N#Cc1cc(Br)ccc1N1CC(S(=O)(=O)F)CC1=O. The van der Waals surface area contributed by atoms with Crippen molar-refractivity contribution in [2.45, 2.75) is 11.7 Å². The van der Waals surface area contributed by atoms with Crippen LogP contribution in [0.2, 0.25) is 0 Å². The van der Waals surface area contributed by atoms with Crippen LogP contribution in [0, 0.1) is 11.3 Å². The molecule has 0 saturated carbocycles. The number of hydrogen-bond donors (Lipinski definition) is 0. The van der Waals surface area contributed by atoms with E-state index in [4.69, 9.17) is 5.26 Å². The second kappa shape index (κ2) is 4.90. The quantitative estimate of drug-likeness (QED) is 0.764. The summed E-state index contributed by atoms with van der Waals surface area (Å²) < 4.78 is 35.3. The van der Waals surface area contributed by atoms with Gasteiger partial charge in [-0.3, -0.25) is 4.79 Å². The molecular formula is C11H8BrFN2O3S. The summed E-state index contributed by atoms with van der Waals surface area (Å²) in [5.74, 6) is -0.509. The molecule has 1 heterocycles. The minimum atomic E-state index is -4.76. The Kier molecular flexibility index (Phi) is 3.60. The van der Waals surface area contributed by atoms with Crippen LogP contribution in [0.5, 0.6) is 0 Å². The molecule has 100 valence electrons. The minimum Gasteiger partial charge on any atom is -0.310 e. The van der Waals surface area contributed by atoms with Gasteiger partial charge in [-0.25, -0.2) is 0 Å². The molecule has 1 unspecified atom stereocenters. The number of amides is 1. The lowest BCUT2D eigenvalue weighted by molar-refractivity contribution is -0.117. The maximum atomic E-state index is 12.9. The van der Waals surface area contributed by atoms with Crippen molar-refractivity contribution in [3.8, 4) is 6.07 Å². The van der Waals surface area contributed by atoms with E-state index in [2.05, 4.69) is 15.9 Å². The number of hydrogen-bond acceptors (Lipinski definition) is 4. The van der Waals surface area contributed by atoms with E-state index in [9.17, 15) is 17.1 Å². The average molecular weight is 347 g/mol. The predicted octanol–water partition coefficient (Wildman–Crippen LogP) is 1.73. The summed E-state index contributed by atoms with van der Waals surface area (Å²) in [6, 6.07) is 6.58. The third-order valence-electron chi connectivity index (χ3n) is 2.86. The van der Waals surface area contributed by atoms with Crippen LogP contribution < -0.4 is 4.90 Å². The van der Waals surface area contributed by atoms with E-state index in [0.717, 1.165) is 4.90 Å². The summed E-state index contributed by atoms with van der Waals surface area (Å²) >= 11 is 3.19. The van der Waals surface area contributed by atoms with Crippen molar-refractivity contribution in [1.29, 1.82) is 5.26 Å². The van der Waals surface area contributed by atoms with Gasteiger partial charge in [0.05, 0.1) is 11.3 Å². The Bertz CT molecular complexity index is 684. The Labute approximate surface area is 118 Å². The zero-order valence-electron chi connectivity index (χ0n) is 9.51. The fraction of sp³-hybridized carbons (Fsp3) is 0.273. The van der Waals surface area contributed by atoms with Gasteiger partial charge in [-0.2, -0.15) is 13.7 Å². The van der Waals surface area contributed by atoms with Crippen LogP contribution in [-0.2, 0) is 15.0 Å². The number of benzene rings is 1. The molecule has 0 spiro atoms. The maximum absolute atomic E-state index is 12.9. The molecule has 1 fully saturated rings. The van der Waals surface area contributed by atoms with Crippen LogP contribution in [0.15, 0.2) is 22.7 Å². The first-order chi connectivity index (χ1) is 8.82. The monoisotopic (exact) mass is 346 g/mol. The van der Waals surface area contributed by atoms with Crippen molar-refractivity contribution in [2.24, 2.45) is 0 Å². The Morgan fingerprint density at radius 2 is 2.16 bits per heavy atom. The van der Waals surface area contributed by atoms with Gasteiger partial charge in [-0.05, 0) is 18.2 Å². The molecule has 1 aliphatic heterocycles. The minimum absolute atomic E-state index is 0.222. The van der Waals surface area contributed by atoms with Crippen LogP contribution >= 0.6 is 15.9 Å². The lowest BCUT2D eigenvalue weighted by Crippen LogP contribution is -2.27. The molecule has 19 heavy (non-hydrogen) atoms. The van der Waals surface area contributed by atoms with E-state index in [1.54, 1.807) is 6.07 Å². The molecule has 1 amide bonds. The zero-order valence-corrected chi connectivity index (χ0v) is 11.9. The zero-order chi connectivity index (χ0) is 14.2. The smallest absolute Gasteiger partial charge is 0.307 e. The topological polar surface area (TPSA) is 78.2 Å². The normalized spacial score (nSPS) is 19.5. The van der Waals surface area contributed by atoms with Crippen LogP contribution in [-0.4, -0.2) is 26.1 Å². The van der Waals surface area contributed by atoms with Crippen molar-refractivity contribution >= 4 is 37.7 Å². The van der Waals surface area contributed by atoms with Gasteiger partial charge < -0.3 is 4.90 Å². The van der Waals surface area contributed by atoms with Crippen molar-refractivity contribution in [3.05, 3.63) is 28.2 Å². The largest absolute Gasteiger partial charge is 0.310 e. The van der Waals surface area contributed by atoms with Gasteiger partial charge in [0.1, 0.15) is 11.3 Å². The molecular weight excluding hydrogens is 339 g/mol. The highest BCUT2D eigenvalue weighted by atomic mass is 79.9. The molecule has 1 saturated heterocycles. The average Bonchev–Trinajstić information content (AvgIpc) is 2.71. The lowest BCUT2D eigenvalue weighted by atomic mass is 10.2. The number of carbonyl (C=O) groups excluding carboxylic acids is 1. The summed E-state index contributed by atoms with van der Waals surface area (Å²) in [5.41, 5.74) is 0.515. The maximum Gasteiger partial charge on any atom is 0.307 e. The number of rotatable bonds is 2. The number of carbonyl (C=O) groups is 1. The third kappa shape index (κ3) is 2.77. The van der Waals surface area contributed by atoms with Crippen molar-refractivity contribution in [2.75, 3.05) is 11.4 Å². The van der Waals surface area contributed by atoms with Crippen LogP contribution in [0.25, 0.3) is 0 Å². The van der Waals surface area contributed by atoms with E-state index in [1.807, 2.05) is 6.07 Å². The molecule has 5 nitrogen and oxygen atoms in total. The first-order valence-corrected chi connectivity index (χ1v) is 7.50. The van der Waals surface area contributed by atoms with Gasteiger partial charge in [0.15, 0.2) is 0 Å². The molecule has 8 heteroatoms. The fourth-order valence-electron chi connectivity index (χ4n) is 1.93. The Morgan fingerprint density at radius 1 is 1.47 bits per heavy atom. The summed E-state index contributed by atoms with van der Waals surface area (Å²) in [5, 5.41) is 7.65. The summed E-state index contributed by atoms with van der Waals surface area (Å²) in [7, 11) is -4.76. The summed E-state index contributed by atoms with van der Waals surface area (Å²) in [6.07, 6.45) is -0.403. The molecule has 0 aliphatic carbocycles. The van der Waals surface area contributed by atoms with Gasteiger partial charge in [-0.15, -0.1) is 3.89 Å². The predicted molar refractivity (Wildman–Crippen MR) is 69.6 cm³/mol. The van der Waals surface area contributed by atoms with Crippen LogP contribution in [0.3, 0.4) is 0 Å². The molecule has 2 rings (SSSR count). The molecule has 1 aliphatic rings. The lowest BCUT2D eigenvalue weighted by Gasteiger charge is -2.17. The van der Waals surface area contributed by atoms with Crippen molar-refractivity contribution < 1.29 is 17.1 Å². The molecule has 1 aromatic rings. The van der Waals surface area contributed by atoms with Gasteiger partial charge in [0.25, 0.3) is 0 Å².